The van der Waals surface area contributed by atoms with Crippen molar-refractivity contribution >= 4 is 17.5 Å². The molecular weight excluding hydrogens is 506 g/mol. The van der Waals surface area contributed by atoms with Crippen molar-refractivity contribution in [1.82, 2.24) is 10.6 Å². The summed E-state index contributed by atoms with van der Waals surface area (Å²) in [4.78, 5) is 41.6. The van der Waals surface area contributed by atoms with Crippen LogP contribution < -0.4 is 16.4 Å². The van der Waals surface area contributed by atoms with Gasteiger partial charge in [-0.25, -0.2) is 4.79 Å². The zero-order valence-corrected chi connectivity index (χ0v) is 25.1. The molecule has 2 aliphatic heterocycles. The van der Waals surface area contributed by atoms with Crippen LogP contribution in [0, 0.1) is 23.7 Å². The number of nitrogens with one attached hydrogen (secondary N) is 2. The molecule has 4 rings (SSSR count). The number of esters is 1. The molecule has 40 heavy (non-hydrogen) atoms. The second-order valence-electron chi connectivity index (χ2n) is 12.9. The maximum absolute atomic E-state index is 13.9. The van der Waals surface area contributed by atoms with E-state index in [1.165, 1.54) is 0 Å². The van der Waals surface area contributed by atoms with Crippen LogP contribution in [0.5, 0.6) is 0 Å². The van der Waals surface area contributed by atoms with Gasteiger partial charge >= 0.3 is 5.97 Å². The third-order valence-corrected chi connectivity index (χ3v) is 9.83. The molecule has 2 saturated heterocycles. The number of Topliss-reactive ketones (excluding diaryl/α,β-unsaturated/α-hetero) is 2. The Morgan fingerprint density at radius 3 is 2.62 bits per heavy atom. The first-order chi connectivity index (χ1) is 19.3. The van der Waals surface area contributed by atoms with E-state index in [0.717, 1.165) is 89.4 Å². The van der Waals surface area contributed by atoms with Gasteiger partial charge in [-0.1, -0.05) is 51.2 Å². The fourth-order valence-electron chi connectivity index (χ4n) is 7.28. The minimum Gasteiger partial charge on any atom is -0.463 e. The molecule has 0 aromatic heterocycles. The Hall–Kier alpha value is -1.61. The van der Waals surface area contributed by atoms with Crippen LogP contribution in [0.2, 0.25) is 0 Å². The summed E-state index contributed by atoms with van der Waals surface area (Å²) < 4.78 is 12.0. The van der Waals surface area contributed by atoms with Gasteiger partial charge in [0.1, 0.15) is 0 Å². The number of epoxide rings is 1. The van der Waals surface area contributed by atoms with Crippen LogP contribution >= 0.6 is 0 Å². The van der Waals surface area contributed by atoms with E-state index in [1.54, 1.807) is 0 Å². The van der Waals surface area contributed by atoms with Gasteiger partial charge in [-0.05, 0) is 77.3 Å². The molecule has 4 unspecified atom stereocenters. The summed E-state index contributed by atoms with van der Waals surface area (Å²) in [6.45, 7) is 9.21. The summed E-state index contributed by atoms with van der Waals surface area (Å²) in [7, 11) is 0. The predicted octanol–water partition coefficient (Wildman–Crippen LogP) is 4.20. The lowest BCUT2D eigenvalue weighted by Crippen LogP contribution is -2.58. The van der Waals surface area contributed by atoms with Gasteiger partial charge in [0.05, 0.1) is 12.8 Å². The van der Waals surface area contributed by atoms with Crippen LogP contribution in [0.4, 0.5) is 0 Å². The van der Waals surface area contributed by atoms with E-state index < -0.39 is 23.1 Å². The van der Waals surface area contributed by atoms with Gasteiger partial charge in [0.25, 0.3) is 5.60 Å². The van der Waals surface area contributed by atoms with Crippen LogP contribution in [0.15, 0.2) is 11.6 Å². The lowest BCUT2D eigenvalue weighted by atomic mass is 9.61. The molecule has 2 saturated carbocycles. The molecule has 4 fully saturated rings. The standard InChI is InChI=1S/C32H53N3O5/c1-4-6-9-24(20-34-17-5-2)21-39-30(38)32-29(37)26-11-8-7-10-25(26)28(36)31(32,40-32)16-14-22(3)12-13-23-15-18-35-27(33)19-23/h14,23-27,34-35H,4-13,15-21,33H2,1-3H3/t23?,24-,25?,26?,27?,31+,32+/m1/s1. The van der Waals surface area contributed by atoms with Crippen molar-refractivity contribution in [1.29, 1.82) is 0 Å². The Bertz CT molecular complexity index is 938. The topological polar surface area (TPSA) is 123 Å². The van der Waals surface area contributed by atoms with Crippen molar-refractivity contribution in [2.45, 2.75) is 122 Å². The minimum atomic E-state index is -1.77. The SMILES string of the molecule is CCCC[C@H](CNCCC)COC(=O)[C@]12O[C@@]1(CC=C(C)CCC1CCNC(N)C1)C(=O)C1CCCCC1C2=O. The molecule has 226 valence electrons. The Labute approximate surface area is 240 Å². The van der Waals surface area contributed by atoms with Crippen LogP contribution in [0.25, 0.3) is 0 Å². The van der Waals surface area contributed by atoms with Gasteiger partial charge in [-0.3, -0.25) is 9.59 Å². The number of allylic oxidation sites excluding steroid dienone is 1. The summed E-state index contributed by atoms with van der Waals surface area (Å²) in [5.41, 5.74) is 4.06. The zero-order valence-electron chi connectivity index (χ0n) is 25.1. The summed E-state index contributed by atoms with van der Waals surface area (Å²) >= 11 is 0. The molecule has 2 heterocycles. The van der Waals surface area contributed by atoms with E-state index >= 15 is 0 Å². The summed E-state index contributed by atoms with van der Waals surface area (Å²) in [5, 5.41) is 6.73. The lowest BCUT2D eigenvalue weighted by Gasteiger charge is -2.36. The molecule has 4 aliphatic rings. The second-order valence-corrected chi connectivity index (χ2v) is 12.9. The summed E-state index contributed by atoms with van der Waals surface area (Å²) in [6.07, 6.45) is 13.7. The highest BCUT2D eigenvalue weighted by atomic mass is 16.7. The van der Waals surface area contributed by atoms with Crippen LogP contribution in [-0.4, -0.2) is 61.1 Å². The Morgan fingerprint density at radius 2 is 1.93 bits per heavy atom. The van der Waals surface area contributed by atoms with E-state index in [9.17, 15) is 14.4 Å². The van der Waals surface area contributed by atoms with Crippen LogP contribution in [0.3, 0.4) is 0 Å². The van der Waals surface area contributed by atoms with Gasteiger partial charge in [-0.2, -0.15) is 0 Å². The van der Waals surface area contributed by atoms with Crippen molar-refractivity contribution in [3.63, 3.8) is 0 Å². The normalized spacial score (nSPS) is 34.6. The number of ketones is 2. The molecule has 0 spiro atoms. The fourth-order valence-corrected chi connectivity index (χ4v) is 7.28. The number of unbranched alkanes of at least 4 members (excludes halogenated alkanes) is 1. The monoisotopic (exact) mass is 559 g/mol. The molecular formula is C32H53N3O5. The molecule has 2 aliphatic carbocycles. The highest BCUT2D eigenvalue weighted by molar-refractivity contribution is 6.23. The predicted molar refractivity (Wildman–Crippen MR) is 155 cm³/mol. The first-order valence-electron chi connectivity index (χ1n) is 16.1. The highest BCUT2D eigenvalue weighted by Gasteiger charge is 2.86. The highest BCUT2D eigenvalue weighted by Crippen LogP contribution is 2.61. The number of carbonyl (C=O) groups is 3. The molecule has 0 bridgehead atoms. The number of hydrogen-bond acceptors (Lipinski definition) is 8. The van der Waals surface area contributed by atoms with E-state index in [1.807, 2.05) is 6.08 Å². The van der Waals surface area contributed by atoms with E-state index in [-0.39, 0.29) is 42.6 Å². The lowest BCUT2D eigenvalue weighted by molar-refractivity contribution is -0.159. The maximum Gasteiger partial charge on any atom is 0.349 e. The van der Waals surface area contributed by atoms with E-state index in [4.69, 9.17) is 15.2 Å². The number of ether oxygens (including phenoxy) is 2. The maximum atomic E-state index is 13.9. The van der Waals surface area contributed by atoms with E-state index in [0.29, 0.717) is 18.8 Å². The largest absolute Gasteiger partial charge is 0.463 e. The average molecular weight is 560 g/mol. The summed E-state index contributed by atoms with van der Waals surface area (Å²) in [5.74, 6) is -0.952. The van der Waals surface area contributed by atoms with Crippen molar-refractivity contribution < 1.29 is 23.9 Å². The quantitative estimate of drug-likeness (QED) is 0.0897. The molecule has 0 aromatic rings. The van der Waals surface area contributed by atoms with E-state index in [2.05, 4.69) is 31.4 Å². The summed E-state index contributed by atoms with van der Waals surface area (Å²) in [6, 6.07) is 0. The van der Waals surface area contributed by atoms with Crippen LogP contribution in [-0.2, 0) is 23.9 Å². The fraction of sp³-hybridized carbons (Fsp3) is 0.844. The molecule has 0 radical (unpaired) electrons. The second kappa shape index (κ2) is 14.0. The average Bonchev–Trinajstić information content (AvgIpc) is 3.67. The Kier molecular flexibility index (Phi) is 11.0. The number of nitrogens with two attached hydrogens (primary N) is 1. The third-order valence-electron chi connectivity index (χ3n) is 9.83. The minimum absolute atomic E-state index is 0.0609. The smallest absolute Gasteiger partial charge is 0.349 e. The van der Waals surface area contributed by atoms with Gasteiger partial charge in [0.2, 0.25) is 0 Å². The number of piperidine rings is 1. The van der Waals surface area contributed by atoms with Crippen molar-refractivity contribution in [2.24, 2.45) is 29.4 Å². The van der Waals surface area contributed by atoms with Gasteiger partial charge < -0.3 is 25.8 Å². The molecule has 8 heteroatoms. The number of carbonyl (C=O) groups excluding carboxylic acids is 3. The first kappa shape index (κ1) is 31.3. The number of hydrogen-bond donors (Lipinski definition) is 3. The molecule has 0 amide bonds. The molecule has 8 nitrogen and oxygen atoms in total. The number of rotatable bonds is 15. The van der Waals surface area contributed by atoms with Crippen LogP contribution in [0.1, 0.15) is 104 Å². The third kappa shape index (κ3) is 6.55. The zero-order chi connectivity index (χ0) is 28.8. The van der Waals surface area contributed by atoms with Crippen molar-refractivity contribution in [3.8, 4) is 0 Å². The van der Waals surface area contributed by atoms with Gasteiger partial charge in [0.15, 0.2) is 17.2 Å². The number of fused-ring (bicyclic) bond motifs is 2. The van der Waals surface area contributed by atoms with Crippen molar-refractivity contribution in [3.05, 3.63) is 11.6 Å². The molecule has 0 aromatic carbocycles. The Morgan fingerprint density at radius 1 is 1.18 bits per heavy atom. The van der Waals surface area contributed by atoms with Gasteiger partial charge in [0, 0.05) is 30.7 Å². The van der Waals surface area contributed by atoms with Crippen molar-refractivity contribution in [2.75, 3.05) is 26.2 Å². The van der Waals surface area contributed by atoms with Gasteiger partial charge in [-0.15, -0.1) is 0 Å². The Balaban J connectivity index is 1.46. The molecule has 4 N–H and O–H groups in total. The molecule has 7 atom stereocenters. The first-order valence-corrected chi connectivity index (χ1v) is 16.1.